The van der Waals surface area contributed by atoms with Crippen LogP contribution in [0.4, 0.5) is 0 Å². The van der Waals surface area contributed by atoms with Crippen LogP contribution >= 0.6 is 0 Å². The first-order valence-electron chi connectivity index (χ1n) is 7.66. The molecule has 2 amide bonds. The molecule has 1 unspecified atom stereocenters. The summed E-state index contributed by atoms with van der Waals surface area (Å²) in [4.78, 5) is 23.4. The molecule has 0 aliphatic carbocycles. The number of nitrogens with one attached hydrogen (secondary N) is 1. The average molecular weight is 324 g/mol. The predicted octanol–water partition coefficient (Wildman–Crippen LogP) is 2.68. The Morgan fingerprint density at radius 1 is 1.29 bits per heavy atom. The van der Waals surface area contributed by atoms with Crippen LogP contribution in [0.5, 0.6) is 0 Å². The number of hydrogen-bond acceptors (Lipinski definition) is 3. The normalized spacial score (nSPS) is 11.8. The highest BCUT2D eigenvalue weighted by Crippen LogP contribution is 2.25. The van der Waals surface area contributed by atoms with Gasteiger partial charge in [0.2, 0.25) is 5.91 Å². The third kappa shape index (κ3) is 4.05. The molecule has 24 heavy (non-hydrogen) atoms. The molecule has 2 rings (SSSR count). The van der Waals surface area contributed by atoms with Gasteiger partial charge in [-0.05, 0) is 29.7 Å². The van der Waals surface area contributed by atoms with Crippen molar-refractivity contribution in [3.63, 3.8) is 0 Å². The van der Waals surface area contributed by atoms with Crippen LogP contribution in [0, 0.1) is 12.3 Å². The standard InChI is InChI=1S/C19H20N2O3/c1-4-6-15(18(20)22)21-19(23)17-10-9-16(24-17)14-8-5-7-13(11-14)12(2)3/h1,5,7-12,15H,6H2,2-3H3,(H2,20,22)(H,21,23). The van der Waals surface area contributed by atoms with Crippen molar-refractivity contribution in [2.75, 3.05) is 0 Å². The molecule has 5 heteroatoms. The number of hydrogen-bond donors (Lipinski definition) is 2. The minimum absolute atomic E-state index is 0.0328. The predicted molar refractivity (Wildman–Crippen MR) is 92.1 cm³/mol. The van der Waals surface area contributed by atoms with Crippen molar-refractivity contribution in [3.05, 3.63) is 47.7 Å². The number of furan rings is 1. The summed E-state index contributed by atoms with van der Waals surface area (Å²) >= 11 is 0. The van der Waals surface area contributed by atoms with E-state index < -0.39 is 17.9 Å². The molecule has 0 radical (unpaired) electrons. The van der Waals surface area contributed by atoms with Crippen LogP contribution in [0.15, 0.2) is 40.8 Å². The zero-order valence-corrected chi connectivity index (χ0v) is 13.7. The monoisotopic (exact) mass is 324 g/mol. The molecule has 0 saturated heterocycles. The lowest BCUT2D eigenvalue weighted by Gasteiger charge is -2.11. The maximum Gasteiger partial charge on any atom is 0.287 e. The summed E-state index contributed by atoms with van der Waals surface area (Å²) in [5, 5.41) is 2.48. The van der Waals surface area contributed by atoms with Gasteiger partial charge in [0.25, 0.3) is 5.91 Å². The van der Waals surface area contributed by atoms with Crippen LogP contribution in [0.3, 0.4) is 0 Å². The second-order valence-corrected chi connectivity index (χ2v) is 5.78. The fourth-order valence-corrected chi connectivity index (χ4v) is 2.24. The Morgan fingerprint density at radius 2 is 2.04 bits per heavy atom. The summed E-state index contributed by atoms with van der Waals surface area (Å²) in [6.45, 7) is 4.21. The van der Waals surface area contributed by atoms with E-state index >= 15 is 0 Å². The molecule has 124 valence electrons. The number of carbonyl (C=O) groups excluding carboxylic acids is 2. The second-order valence-electron chi connectivity index (χ2n) is 5.78. The topological polar surface area (TPSA) is 85.3 Å². The van der Waals surface area contributed by atoms with Gasteiger partial charge in [-0.1, -0.05) is 32.0 Å². The number of amides is 2. The Hall–Kier alpha value is -3.00. The summed E-state index contributed by atoms with van der Waals surface area (Å²) < 4.78 is 5.61. The first-order chi connectivity index (χ1) is 11.4. The first-order valence-corrected chi connectivity index (χ1v) is 7.66. The van der Waals surface area contributed by atoms with E-state index in [1.165, 1.54) is 5.56 Å². The Bertz CT molecular complexity index is 784. The summed E-state index contributed by atoms with van der Waals surface area (Å²) in [7, 11) is 0. The number of benzene rings is 1. The molecule has 1 aromatic heterocycles. The SMILES string of the molecule is C#CCC(NC(=O)c1ccc(-c2cccc(C(C)C)c2)o1)C(N)=O. The highest BCUT2D eigenvalue weighted by atomic mass is 16.3. The Morgan fingerprint density at radius 3 is 2.67 bits per heavy atom. The van der Waals surface area contributed by atoms with Gasteiger partial charge in [0.05, 0.1) is 0 Å². The Labute approximate surface area is 141 Å². The Balaban J connectivity index is 2.18. The van der Waals surface area contributed by atoms with Gasteiger partial charge >= 0.3 is 0 Å². The van der Waals surface area contributed by atoms with E-state index in [4.69, 9.17) is 16.6 Å². The van der Waals surface area contributed by atoms with Gasteiger partial charge < -0.3 is 15.5 Å². The molecular weight excluding hydrogens is 304 g/mol. The van der Waals surface area contributed by atoms with E-state index in [9.17, 15) is 9.59 Å². The van der Waals surface area contributed by atoms with Gasteiger partial charge in [-0.15, -0.1) is 12.3 Å². The lowest BCUT2D eigenvalue weighted by molar-refractivity contribution is -0.119. The quantitative estimate of drug-likeness (QED) is 0.801. The Kier molecular flexibility index (Phi) is 5.43. The molecule has 1 atom stereocenters. The van der Waals surface area contributed by atoms with Gasteiger partial charge in [0.15, 0.2) is 5.76 Å². The summed E-state index contributed by atoms with van der Waals surface area (Å²) in [5.74, 6) is 2.17. The minimum Gasteiger partial charge on any atom is -0.451 e. The lowest BCUT2D eigenvalue weighted by atomic mass is 10.0. The largest absolute Gasteiger partial charge is 0.451 e. The van der Waals surface area contributed by atoms with Gasteiger partial charge in [-0.3, -0.25) is 9.59 Å². The number of carbonyl (C=O) groups is 2. The number of terminal acetylenes is 1. The number of rotatable bonds is 6. The van der Waals surface area contributed by atoms with E-state index in [2.05, 4.69) is 25.1 Å². The van der Waals surface area contributed by atoms with Crippen LogP contribution in [-0.4, -0.2) is 17.9 Å². The van der Waals surface area contributed by atoms with Crippen LogP contribution < -0.4 is 11.1 Å². The van der Waals surface area contributed by atoms with Gasteiger partial charge in [0.1, 0.15) is 11.8 Å². The van der Waals surface area contributed by atoms with E-state index in [-0.39, 0.29) is 12.2 Å². The lowest BCUT2D eigenvalue weighted by Crippen LogP contribution is -2.44. The van der Waals surface area contributed by atoms with E-state index in [1.807, 2.05) is 24.3 Å². The maximum atomic E-state index is 12.2. The van der Waals surface area contributed by atoms with Crippen molar-refractivity contribution in [2.24, 2.45) is 5.73 Å². The van der Waals surface area contributed by atoms with Crippen molar-refractivity contribution >= 4 is 11.8 Å². The molecule has 0 fully saturated rings. The molecule has 0 aliphatic rings. The van der Waals surface area contributed by atoms with Gasteiger partial charge in [-0.25, -0.2) is 0 Å². The average Bonchev–Trinajstić information content (AvgIpc) is 3.04. The zero-order valence-electron chi connectivity index (χ0n) is 13.7. The van der Waals surface area contributed by atoms with Crippen molar-refractivity contribution in [1.82, 2.24) is 5.32 Å². The van der Waals surface area contributed by atoms with Crippen molar-refractivity contribution in [3.8, 4) is 23.7 Å². The molecular formula is C19H20N2O3. The fraction of sp³-hybridized carbons (Fsp3) is 0.263. The van der Waals surface area contributed by atoms with Crippen molar-refractivity contribution in [2.45, 2.75) is 32.2 Å². The smallest absolute Gasteiger partial charge is 0.287 e. The van der Waals surface area contributed by atoms with Gasteiger partial charge in [0, 0.05) is 12.0 Å². The minimum atomic E-state index is -0.916. The van der Waals surface area contributed by atoms with Gasteiger partial charge in [-0.2, -0.15) is 0 Å². The molecule has 5 nitrogen and oxygen atoms in total. The fourth-order valence-electron chi connectivity index (χ4n) is 2.24. The summed E-state index contributed by atoms with van der Waals surface area (Å²) in [5.41, 5.74) is 7.27. The van der Waals surface area contributed by atoms with E-state index in [0.717, 1.165) is 5.56 Å². The molecule has 0 bridgehead atoms. The zero-order chi connectivity index (χ0) is 17.7. The second kappa shape index (κ2) is 7.51. The van der Waals surface area contributed by atoms with Crippen molar-refractivity contribution in [1.29, 1.82) is 0 Å². The number of nitrogens with two attached hydrogens (primary N) is 1. The van der Waals surface area contributed by atoms with Crippen molar-refractivity contribution < 1.29 is 14.0 Å². The maximum absolute atomic E-state index is 12.2. The highest BCUT2D eigenvalue weighted by molar-refractivity contribution is 5.95. The third-order valence-electron chi connectivity index (χ3n) is 3.64. The molecule has 0 saturated carbocycles. The molecule has 1 heterocycles. The third-order valence-corrected chi connectivity index (χ3v) is 3.64. The molecule has 0 aliphatic heterocycles. The van der Waals surface area contributed by atoms with E-state index in [1.54, 1.807) is 12.1 Å². The molecule has 0 spiro atoms. The molecule has 3 N–H and O–H groups in total. The van der Waals surface area contributed by atoms with E-state index in [0.29, 0.717) is 11.7 Å². The van der Waals surface area contributed by atoms with Crippen LogP contribution in [0.2, 0.25) is 0 Å². The van der Waals surface area contributed by atoms with Crippen LogP contribution in [0.1, 0.15) is 42.3 Å². The van der Waals surface area contributed by atoms with Crippen LogP contribution in [-0.2, 0) is 4.79 Å². The first kappa shape index (κ1) is 17.4. The molecule has 1 aromatic carbocycles. The summed E-state index contributed by atoms with van der Waals surface area (Å²) in [6, 6.07) is 10.3. The number of primary amides is 1. The van der Waals surface area contributed by atoms with Crippen LogP contribution in [0.25, 0.3) is 11.3 Å². The molecule has 2 aromatic rings. The highest BCUT2D eigenvalue weighted by Gasteiger charge is 2.20. The summed E-state index contributed by atoms with van der Waals surface area (Å²) in [6.07, 6.45) is 5.20.